The molecule has 0 aliphatic carbocycles. The number of hydrogen-bond donors (Lipinski definition) is 14. The lowest BCUT2D eigenvalue weighted by Crippen LogP contribution is -2.43. The van der Waals surface area contributed by atoms with E-state index in [1.165, 1.54) is 54.6 Å². The van der Waals surface area contributed by atoms with Crippen molar-refractivity contribution in [2.75, 3.05) is 47.9 Å². The van der Waals surface area contributed by atoms with E-state index in [2.05, 4.69) is 74.4 Å². The first-order valence-electron chi connectivity index (χ1n) is 21.1. The maximum atomic E-state index is 13.6. The number of anilines is 9. The van der Waals surface area contributed by atoms with Gasteiger partial charge in [-0.1, -0.05) is 0 Å². The lowest BCUT2D eigenvalue weighted by atomic mass is 10.1. The van der Waals surface area contributed by atoms with Crippen molar-refractivity contribution in [2.24, 2.45) is 0 Å². The summed E-state index contributed by atoms with van der Waals surface area (Å²) >= 11 is 0. The Bertz CT molecular complexity index is 2060. The maximum Gasteiger partial charge on any atom is 0.323 e. The Balaban J connectivity index is 1.95. The molecular formula is C45H68N14O7. The molecule has 0 aliphatic heterocycles. The molecular weight excluding hydrogens is 849 g/mol. The number of hydrogen-bond acceptors (Lipinski definition) is 7. The summed E-state index contributed by atoms with van der Waals surface area (Å²) in [7, 11) is 0. The van der Waals surface area contributed by atoms with Crippen LogP contribution in [0.3, 0.4) is 0 Å². The number of benzene rings is 3. The molecule has 0 spiro atoms. The molecule has 3 rings (SSSR count). The van der Waals surface area contributed by atoms with Gasteiger partial charge in [-0.15, -0.1) is 0 Å². The molecule has 14 amide bonds. The number of rotatable bonds is 9. The van der Waals surface area contributed by atoms with Crippen LogP contribution in [0.25, 0.3) is 0 Å². The third-order valence-corrected chi connectivity index (χ3v) is 7.56. The Labute approximate surface area is 386 Å². The van der Waals surface area contributed by atoms with Crippen LogP contribution < -0.4 is 74.4 Å². The number of carbonyl (C=O) groups is 7. The van der Waals surface area contributed by atoms with Crippen LogP contribution in [0.1, 0.15) is 104 Å². The molecule has 0 aliphatic rings. The third-order valence-electron chi connectivity index (χ3n) is 7.56. The minimum absolute atomic E-state index is 0.130. The van der Waals surface area contributed by atoms with E-state index in [0.29, 0.717) is 0 Å². The SMILES string of the molecule is CC(C)(C)NC(=O)Nc1cc(NC(=O)Nc2cc(NC(=O)NC(C)(C)C)cc(NC(=O)NC(C)(C)C)c2)cc(NC(=O)Nc2cc(NC(=O)NC(C)(C)C)cc(NC(=O)NC(C)(C)C)c2)c1. The monoisotopic (exact) mass is 917 g/mol. The Morgan fingerprint density at radius 3 is 0.439 bits per heavy atom. The Hall–Kier alpha value is -7.45. The van der Waals surface area contributed by atoms with Crippen molar-refractivity contribution in [1.82, 2.24) is 26.6 Å². The summed E-state index contributed by atoms with van der Waals surface area (Å²) in [4.78, 5) is 91.3. The summed E-state index contributed by atoms with van der Waals surface area (Å²) in [5.41, 5.74) is -1.02. The van der Waals surface area contributed by atoms with Crippen LogP contribution in [0, 0.1) is 0 Å². The first-order valence-corrected chi connectivity index (χ1v) is 21.1. The van der Waals surface area contributed by atoms with Crippen molar-refractivity contribution in [1.29, 1.82) is 0 Å². The molecule has 3 aromatic rings. The predicted octanol–water partition coefficient (Wildman–Crippen LogP) is 9.57. The molecule has 360 valence electrons. The zero-order valence-corrected chi connectivity index (χ0v) is 40.6. The molecule has 0 atom stereocenters. The maximum absolute atomic E-state index is 13.6. The first-order chi connectivity index (χ1) is 30.0. The fourth-order valence-corrected chi connectivity index (χ4v) is 5.63. The number of amides is 14. The van der Waals surface area contributed by atoms with Crippen molar-refractivity contribution in [3.05, 3.63) is 54.6 Å². The van der Waals surface area contributed by atoms with Gasteiger partial charge in [-0.2, -0.15) is 0 Å². The molecule has 14 N–H and O–H groups in total. The van der Waals surface area contributed by atoms with E-state index in [-0.39, 0.29) is 51.2 Å². The van der Waals surface area contributed by atoms with Gasteiger partial charge in [-0.3, -0.25) is 0 Å². The average Bonchev–Trinajstić information content (AvgIpc) is 3.03. The molecule has 0 heterocycles. The van der Waals surface area contributed by atoms with Crippen LogP contribution in [0.4, 0.5) is 84.7 Å². The van der Waals surface area contributed by atoms with Gasteiger partial charge in [-0.25, -0.2) is 33.6 Å². The van der Waals surface area contributed by atoms with Crippen LogP contribution in [0.5, 0.6) is 0 Å². The molecule has 0 bridgehead atoms. The molecule has 21 heteroatoms. The summed E-state index contributed by atoms with van der Waals surface area (Å²) in [6.07, 6.45) is 0. The van der Waals surface area contributed by atoms with Gasteiger partial charge in [0.1, 0.15) is 0 Å². The molecule has 3 aromatic carbocycles. The van der Waals surface area contributed by atoms with Crippen LogP contribution in [-0.2, 0) is 0 Å². The molecule has 0 fully saturated rings. The van der Waals surface area contributed by atoms with Gasteiger partial charge in [0.15, 0.2) is 0 Å². The van der Waals surface area contributed by atoms with E-state index in [9.17, 15) is 33.6 Å². The second kappa shape index (κ2) is 21.0. The van der Waals surface area contributed by atoms with E-state index in [1.807, 2.05) is 83.1 Å². The van der Waals surface area contributed by atoms with E-state index < -0.39 is 69.9 Å². The van der Waals surface area contributed by atoms with E-state index >= 15 is 0 Å². The smallest absolute Gasteiger partial charge is 0.323 e. The minimum Gasteiger partial charge on any atom is -0.333 e. The topological polar surface area (TPSA) is 288 Å². The van der Waals surface area contributed by atoms with Gasteiger partial charge in [0.25, 0.3) is 0 Å². The van der Waals surface area contributed by atoms with Gasteiger partial charge in [0, 0.05) is 78.9 Å². The highest BCUT2D eigenvalue weighted by molar-refractivity contribution is 6.05. The molecule has 0 aromatic heterocycles. The van der Waals surface area contributed by atoms with Crippen molar-refractivity contribution in [2.45, 2.75) is 132 Å². The zero-order valence-electron chi connectivity index (χ0n) is 40.6. The van der Waals surface area contributed by atoms with Crippen LogP contribution >= 0.6 is 0 Å². The highest BCUT2D eigenvalue weighted by Crippen LogP contribution is 2.28. The summed E-state index contributed by atoms with van der Waals surface area (Å²) in [6.45, 7) is 27.1. The summed E-state index contributed by atoms with van der Waals surface area (Å²) in [6, 6.07) is 9.16. The minimum atomic E-state index is -0.765. The van der Waals surface area contributed by atoms with Gasteiger partial charge in [0.05, 0.1) is 0 Å². The summed E-state index contributed by atoms with van der Waals surface area (Å²) in [5, 5.41) is 38.3. The van der Waals surface area contributed by atoms with Gasteiger partial charge >= 0.3 is 42.2 Å². The normalized spacial score (nSPS) is 11.7. The lowest BCUT2D eigenvalue weighted by Gasteiger charge is -2.22. The quantitative estimate of drug-likeness (QED) is 0.0985. The fourth-order valence-electron chi connectivity index (χ4n) is 5.63. The molecule has 0 radical (unpaired) electrons. The summed E-state index contributed by atoms with van der Waals surface area (Å²) < 4.78 is 0. The van der Waals surface area contributed by atoms with Gasteiger partial charge < -0.3 is 74.4 Å². The number of carbonyl (C=O) groups excluding carboxylic acids is 7. The van der Waals surface area contributed by atoms with Crippen molar-refractivity contribution in [3.63, 3.8) is 0 Å². The Morgan fingerprint density at radius 2 is 0.333 bits per heavy atom. The average molecular weight is 917 g/mol. The Morgan fingerprint density at radius 1 is 0.227 bits per heavy atom. The van der Waals surface area contributed by atoms with Gasteiger partial charge in [0.2, 0.25) is 0 Å². The molecule has 21 nitrogen and oxygen atoms in total. The van der Waals surface area contributed by atoms with Crippen LogP contribution in [0.2, 0.25) is 0 Å². The molecule has 66 heavy (non-hydrogen) atoms. The van der Waals surface area contributed by atoms with Gasteiger partial charge in [-0.05, 0) is 158 Å². The first kappa shape index (κ1) is 52.9. The second-order valence-electron chi connectivity index (χ2n) is 20.7. The number of nitrogens with one attached hydrogen (secondary N) is 14. The summed E-state index contributed by atoms with van der Waals surface area (Å²) in [5.74, 6) is 0. The van der Waals surface area contributed by atoms with Crippen molar-refractivity contribution < 1.29 is 33.6 Å². The largest absolute Gasteiger partial charge is 0.333 e. The molecule has 0 saturated heterocycles. The number of urea groups is 7. The standard InChI is InChI=1S/C45H68N14O7/c1-41(2,3)55-36(62)50-29-17-25(46-34(60)48-27-19-30(51-37(63)56-42(4,5)6)23-31(20-27)52-38(64)57-43(7,8)9)16-26(18-29)47-35(61)49-28-21-32(53-39(65)58-44(10,11)12)24-33(22-28)54-40(66)59-45(13,14)15/h16-24H,1-15H3,(H2,46,48,60)(H2,47,49,61)(H2,50,55,62)(H2,51,56,63)(H2,52,57,64)(H2,53,58,65)(H2,54,59,66). The van der Waals surface area contributed by atoms with Crippen molar-refractivity contribution in [3.8, 4) is 0 Å². The third kappa shape index (κ3) is 21.8. The molecule has 0 saturated carbocycles. The molecule has 0 unspecified atom stereocenters. The second-order valence-corrected chi connectivity index (χ2v) is 20.7. The van der Waals surface area contributed by atoms with E-state index in [4.69, 9.17) is 0 Å². The zero-order chi connectivity index (χ0) is 50.0. The Kier molecular flexibility index (Phi) is 16.9. The van der Waals surface area contributed by atoms with E-state index in [1.54, 1.807) is 20.8 Å². The fraction of sp³-hybridized carbons (Fsp3) is 0.444. The van der Waals surface area contributed by atoms with Crippen LogP contribution in [-0.4, -0.2) is 69.9 Å². The highest BCUT2D eigenvalue weighted by Gasteiger charge is 2.20. The highest BCUT2D eigenvalue weighted by atomic mass is 16.2. The lowest BCUT2D eigenvalue weighted by molar-refractivity contribution is 0.242. The van der Waals surface area contributed by atoms with Crippen LogP contribution in [0.15, 0.2) is 54.6 Å². The van der Waals surface area contributed by atoms with Crippen molar-refractivity contribution >= 4 is 93.4 Å². The predicted molar refractivity (Wildman–Crippen MR) is 264 cm³/mol. The van der Waals surface area contributed by atoms with E-state index in [0.717, 1.165) is 0 Å².